The molecule has 0 aliphatic heterocycles. The number of carbonyl (C=O) groups excluding carboxylic acids is 1. The Labute approximate surface area is 170 Å². The van der Waals surface area contributed by atoms with Gasteiger partial charge in [0, 0.05) is 24.6 Å². The molecule has 0 bridgehead atoms. The number of ether oxygens (including phenoxy) is 2. The molecule has 0 fully saturated rings. The van der Waals surface area contributed by atoms with Crippen molar-refractivity contribution in [1.29, 1.82) is 0 Å². The second-order valence-electron chi connectivity index (χ2n) is 6.83. The van der Waals surface area contributed by atoms with Crippen molar-refractivity contribution >= 4 is 6.09 Å². The molecule has 0 aliphatic rings. The summed E-state index contributed by atoms with van der Waals surface area (Å²) in [6.07, 6.45) is 0.0191. The summed E-state index contributed by atoms with van der Waals surface area (Å²) in [5.41, 5.74) is 2.64. The van der Waals surface area contributed by atoms with Gasteiger partial charge in [-0.1, -0.05) is 30.3 Å². The zero-order valence-electron chi connectivity index (χ0n) is 16.9. The molecule has 0 saturated carbocycles. The molecular formula is C23H25N2O4. The molecule has 6 heteroatoms. The Bertz CT molecular complexity index is 935. The van der Waals surface area contributed by atoms with Gasteiger partial charge in [-0.05, 0) is 44.5 Å². The Kier molecular flexibility index (Phi) is 6.89. The van der Waals surface area contributed by atoms with E-state index in [0.717, 1.165) is 22.6 Å². The number of nitrogens with zero attached hydrogens (tertiary/aromatic N) is 1. The van der Waals surface area contributed by atoms with Gasteiger partial charge in [-0.15, -0.1) is 0 Å². The Balaban J connectivity index is 1.52. The first-order valence-electron chi connectivity index (χ1n) is 9.61. The summed E-state index contributed by atoms with van der Waals surface area (Å²) in [6.45, 7) is 6.29. The van der Waals surface area contributed by atoms with E-state index in [1.165, 1.54) is 0 Å². The van der Waals surface area contributed by atoms with Gasteiger partial charge in [-0.2, -0.15) is 0 Å². The van der Waals surface area contributed by atoms with E-state index in [1.54, 1.807) is 13.8 Å². The lowest BCUT2D eigenvalue weighted by atomic mass is 10.2. The fraction of sp³-hybridized carbons (Fsp3) is 0.304. The lowest BCUT2D eigenvalue weighted by Gasteiger charge is -2.10. The van der Waals surface area contributed by atoms with Gasteiger partial charge in [0.1, 0.15) is 11.5 Å². The van der Waals surface area contributed by atoms with E-state index in [0.29, 0.717) is 31.2 Å². The molecule has 0 atom stereocenters. The fourth-order valence-corrected chi connectivity index (χ4v) is 2.73. The summed E-state index contributed by atoms with van der Waals surface area (Å²) < 4.78 is 16.6. The molecule has 29 heavy (non-hydrogen) atoms. The van der Waals surface area contributed by atoms with E-state index in [4.69, 9.17) is 13.9 Å². The first-order valence-corrected chi connectivity index (χ1v) is 9.61. The molecule has 2 aromatic carbocycles. The molecule has 0 unspecified atom stereocenters. The molecule has 3 rings (SSSR count). The van der Waals surface area contributed by atoms with Crippen molar-refractivity contribution in [3.8, 4) is 17.2 Å². The number of nitrogens with one attached hydrogen (secondary N) is 1. The van der Waals surface area contributed by atoms with Crippen molar-refractivity contribution in [2.75, 3.05) is 6.61 Å². The smallest absolute Gasteiger partial charge is 0.407 e. The lowest BCUT2D eigenvalue weighted by molar-refractivity contribution is 0.115. The molecule has 3 aromatic rings. The number of hydrogen-bond donors (Lipinski definition) is 1. The zero-order chi connectivity index (χ0) is 20.6. The fourth-order valence-electron chi connectivity index (χ4n) is 2.73. The predicted octanol–water partition coefficient (Wildman–Crippen LogP) is 4.71. The Morgan fingerprint density at radius 3 is 2.72 bits per heavy atom. The quantitative estimate of drug-likeness (QED) is 0.600. The summed E-state index contributed by atoms with van der Waals surface area (Å²) in [7, 11) is 0. The minimum Gasteiger partial charge on any atom is -0.493 e. The van der Waals surface area contributed by atoms with E-state index in [2.05, 4.69) is 16.4 Å². The van der Waals surface area contributed by atoms with E-state index >= 15 is 0 Å². The number of benzene rings is 2. The number of aryl methyl sites for hydroxylation is 1. The van der Waals surface area contributed by atoms with Crippen LogP contribution in [-0.2, 0) is 17.7 Å². The number of aromatic nitrogens is 1. The Hall–Kier alpha value is -3.28. The first-order chi connectivity index (χ1) is 14.0. The first kappa shape index (κ1) is 20.5. The third-order valence-electron chi connectivity index (χ3n) is 4.10. The van der Waals surface area contributed by atoms with Crippen molar-refractivity contribution in [3.05, 3.63) is 71.6 Å². The minimum atomic E-state index is -0.449. The molecule has 1 radical (unpaired) electrons. The highest BCUT2D eigenvalue weighted by atomic mass is 16.6. The van der Waals surface area contributed by atoms with Gasteiger partial charge < -0.3 is 19.2 Å². The maximum atomic E-state index is 11.6. The van der Waals surface area contributed by atoms with E-state index in [1.807, 2.05) is 55.5 Å². The van der Waals surface area contributed by atoms with Crippen LogP contribution in [0.25, 0.3) is 11.5 Å². The van der Waals surface area contributed by atoms with Gasteiger partial charge in [-0.3, -0.25) is 0 Å². The third-order valence-corrected chi connectivity index (χ3v) is 4.10. The van der Waals surface area contributed by atoms with E-state index in [9.17, 15) is 4.79 Å². The van der Waals surface area contributed by atoms with Crippen molar-refractivity contribution in [3.63, 3.8) is 0 Å². The summed E-state index contributed by atoms with van der Waals surface area (Å²) in [6, 6.07) is 18.5. The summed E-state index contributed by atoms with van der Waals surface area (Å²) in [5.74, 6) is 2.02. The van der Waals surface area contributed by atoms with Gasteiger partial charge in [0.05, 0.1) is 18.4 Å². The maximum Gasteiger partial charge on any atom is 0.407 e. The molecule has 1 heterocycles. The van der Waals surface area contributed by atoms with Gasteiger partial charge in [0.15, 0.2) is 0 Å². The van der Waals surface area contributed by atoms with Crippen molar-refractivity contribution in [2.24, 2.45) is 0 Å². The molecule has 0 aliphatic carbocycles. The van der Waals surface area contributed by atoms with Gasteiger partial charge in [0.2, 0.25) is 5.89 Å². The standard InChI is InChI=1S/C23H25N2O4/c1-16(2)28-23(26)24-15-18-8-7-11-20(14-18)27-13-12-21-17(3)29-22(25-21)19-9-5-4-6-10-19/h4-11,16H,12-13,15H2,1-3H3,(H,24,26). The van der Waals surface area contributed by atoms with Crippen molar-refractivity contribution in [2.45, 2.75) is 39.8 Å². The molecule has 1 N–H and O–H groups in total. The summed E-state index contributed by atoms with van der Waals surface area (Å²) >= 11 is 0. The predicted molar refractivity (Wildman–Crippen MR) is 110 cm³/mol. The SMILES string of the molecule is Cc1oc(-c2ccccc2)nc1CCOc1[c]c(CNC(=O)OC(C)C)ccc1. The van der Waals surface area contributed by atoms with Crippen LogP contribution in [0.15, 0.2) is 52.9 Å². The number of carbonyl (C=O) groups is 1. The number of rotatable bonds is 8. The Morgan fingerprint density at radius 1 is 1.17 bits per heavy atom. The lowest BCUT2D eigenvalue weighted by Crippen LogP contribution is -2.26. The summed E-state index contributed by atoms with van der Waals surface area (Å²) in [4.78, 5) is 16.2. The molecule has 0 saturated heterocycles. The molecule has 1 amide bonds. The van der Waals surface area contributed by atoms with Crippen LogP contribution in [0.1, 0.15) is 30.9 Å². The van der Waals surface area contributed by atoms with Crippen LogP contribution in [-0.4, -0.2) is 23.8 Å². The number of oxazole rings is 1. The number of amides is 1. The minimum absolute atomic E-state index is 0.156. The maximum absolute atomic E-state index is 11.6. The molecule has 0 spiro atoms. The number of hydrogen-bond acceptors (Lipinski definition) is 5. The highest BCUT2D eigenvalue weighted by Crippen LogP contribution is 2.22. The second kappa shape index (κ2) is 9.78. The normalized spacial score (nSPS) is 10.8. The average molecular weight is 393 g/mol. The van der Waals surface area contributed by atoms with E-state index < -0.39 is 6.09 Å². The van der Waals surface area contributed by atoms with Crippen molar-refractivity contribution in [1.82, 2.24) is 10.3 Å². The van der Waals surface area contributed by atoms with Gasteiger partial charge in [-0.25, -0.2) is 9.78 Å². The van der Waals surface area contributed by atoms with Crippen LogP contribution in [0, 0.1) is 13.0 Å². The zero-order valence-corrected chi connectivity index (χ0v) is 16.9. The highest BCUT2D eigenvalue weighted by molar-refractivity contribution is 5.67. The monoisotopic (exact) mass is 393 g/mol. The van der Waals surface area contributed by atoms with Crippen LogP contribution >= 0.6 is 0 Å². The second-order valence-corrected chi connectivity index (χ2v) is 6.83. The van der Waals surface area contributed by atoms with Crippen molar-refractivity contribution < 1.29 is 18.7 Å². The van der Waals surface area contributed by atoms with Gasteiger partial charge in [0.25, 0.3) is 0 Å². The Morgan fingerprint density at radius 2 is 1.97 bits per heavy atom. The average Bonchev–Trinajstić information content (AvgIpc) is 3.08. The highest BCUT2D eigenvalue weighted by Gasteiger charge is 2.11. The molecular weight excluding hydrogens is 368 g/mol. The summed E-state index contributed by atoms with van der Waals surface area (Å²) in [5, 5.41) is 2.69. The third kappa shape index (κ3) is 6.10. The van der Waals surface area contributed by atoms with Crippen LogP contribution < -0.4 is 10.1 Å². The van der Waals surface area contributed by atoms with E-state index in [-0.39, 0.29) is 6.10 Å². The molecule has 1 aromatic heterocycles. The van der Waals surface area contributed by atoms with Gasteiger partial charge >= 0.3 is 6.09 Å². The molecule has 151 valence electrons. The van der Waals surface area contributed by atoms with Crippen LogP contribution in [0.2, 0.25) is 0 Å². The van der Waals surface area contributed by atoms with Crippen LogP contribution in [0.3, 0.4) is 0 Å². The molecule has 6 nitrogen and oxygen atoms in total. The van der Waals surface area contributed by atoms with Crippen LogP contribution in [0.4, 0.5) is 4.79 Å². The van der Waals surface area contributed by atoms with Crippen LogP contribution in [0.5, 0.6) is 5.75 Å². The number of alkyl carbamates (subject to hydrolysis) is 1. The largest absolute Gasteiger partial charge is 0.493 e. The topological polar surface area (TPSA) is 73.6 Å².